The Balaban J connectivity index is 2.25. The fraction of sp³-hybridized carbons (Fsp3) is 0.714. The third-order valence-corrected chi connectivity index (χ3v) is 3.56. The third-order valence-electron chi connectivity index (χ3n) is 3.56. The highest BCUT2D eigenvalue weighted by molar-refractivity contribution is 5.80. The van der Waals surface area contributed by atoms with Crippen LogP contribution in [0.15, 0.2) is 0 Å². The number of nitrogens with one attached hydrogen (secondary N) is 1. The summed E-state index contributed by atoms with van der Waals surface area (Å²) in [4.78, 5) is 45.4. The van der Waals surface area contributed by atoms with Crippen molar-refractivity contribution in [1.82, 2.24) is 5.32 Å². The van der Waals surface area contributed by atoms with Gasteiger partial charge < -0.3 is 24.3 Å². The molecule has 2 heterocycles. The van der Waals surface area contributed by atoms with Crippen LogP contribution in [0.5, 0.6) is 0 Å². The summed E-state index contributed by atoms with van der Waals surface area (Å²) in [7, 11) is 0. The Morgan fingerprint density at radius 1 is 1.09 bits per heavy atom. The van der Waals surface area contributed by atoms with Gasteiger partial charge in [0.25, 0.3) is 0 Å². The Morgan fingerprint density at radius 3 is 2.26 bits per heavy atom. The van der Waals surface area contributed by atoms with Gasteiger partial charge in [-0.05, 0) is 0 Å². The molecule has 1 N–H and O–H groups in total. The van der Waals surface area contributed by atoms with Crippen molar-refractivity contribution >= 4 is 23.8 Å². The normalized spacial score (nSPS) is 32.5. The van der Waals surface area contributed by atoms with Crippen LogP contribution in [0.1, 0.15) is 27.2 Å². The molecule has 1 amide bonds. The average Bonchev–Trinajstić information content (AvgIpc) is 2.78. The van der Waals surface area contributed by atoms with E-state index in [0.717, 1.165) is 0 Å². The molecule has 0 unspecified atom stereocenters. The van der Waals surface area contributed by atoms with Crippen molar-refractivity contribution < 1.29 is 38.1 Å². The van der Waals surface area contributed by atoms with Crippen LogP contribution in [-0.4, -0.2) is 60.9 Å². The molecule has 9 nitrogen and oxygen atoms in total. The van der Waals surface area contributed by atoms with E-state index in [1.807, 2.05) is 0 Å². The largest absolute Gasteiger partial charge is 0.463 e. The van der Waals surface area contributed by atoms with Crippen LogP contribution in [0.25, 0.3) is 0 Å². The van der Waals surface area contributed by atoms with Gasteiger partial charge in [0, 0.05) is 20.8 Å². The second kappa shape index (κ2) is 6.95. The first-order valence-corrected chi connectivity index (χ1v) is 7.20. The van der Waals surface area contributed by atoms with Crippen molar-refractivity contribution in [2.45, 2.75) is 57.6 Å². The molecule has 23 heavy (non-hydrogen) atoms. The van der Waals surface area contributed by atoms with Gasteiger partial charge in [-0.3, -0.25) is 19.2 Å². The van der Waals surface area contributed by atoms with E-state index in [2.05, 4.69) is 5.32 Å². The number of ether oxygens (including phenoxy) is 4. The topological polar surface area (TPSA) is 117 Å². The quantitative estimate of drug-likeness (QED) is 0.519. The Labute approximate surface area is 132 Å². The Morgan fingerprint density at radius 2 is 1.70 bits per heavy atom. The number of hydrogen-bond acceptors (Lipinski definition) is 8. The van der Waals surface area contributed by atoms with Gasteiger partial charge in [0.15, 0.2) is 12.2 Å². The molecule has 0 bridgehead atoms. The van der Waals surface area contributed by atoms with Gasteiger partial charge in [-0.2, -0.15) is 0 Å². The Kier molecular flexibility index (Phi) is 5.19. The van der Waals surface area contributed by atoms with Gasteiger partial charge in [-0.15, -0.1) is 0 Å². The Bertz CT molecular complexity index is 519. The minimum absolute atomic E-state index is 0.0891. The van der Waals surface area contributed by atoms with Gasteiger partial charge in [0.2, 0.25) is 5.91 Å². The van der Waals surface area contributed by atoms with Crippen molar-refractivity contribution in [2.24, 2.45) is 0 Å². The van der Waals surface area contributed by atoms with Gasteiger partial charge in [0.1, 0.15) is 12.7 Å². The zero-order valence-electron chi connectivity index (χ0n) is 13.1. The molecule has 5 atom stereocenters. The van der Waals surface area contributed by atoms with Crippen LogP contribution >= 0.6 is 0 Å². The summed E-state index contributed by atoms with van der Waals surface area (Å²) < 4.78 is 21.1. The van der Waals surface area contributed by atoms with E-state index < -0.39 is 48.4 Å². The average molecular weight is 329 g/mol. The molecule has 0 aromatic rings. The molecule has 0 spiro atoms. The number of amides is 1. The van der Waals surface area contributed by atoms with Crippen molar-refractivity contribution in [3.05, 3.63) is 0 Å². The fourth-order valence-electron chi connectivity index (χ4n) is 2.79. The lowest BCUT2D eigenvalue weighted by atomic mass is 9.93. The van der Waals surface area contributed by atoms with E-state index in [9.17, 15) is 19.2 Å². The van der Waals surface area contributed by atoms with Crippen molar-refractivity contribution in [2.75, 3.05) is 6.61 Å². The number of esters is 3. The summed E-state index contributed by atoms with van der Waals surface area (Å²) in [5, 5.41) is 2.66. The number of hydrogen-bond donors (Lipinski definition) is 1. The lowest BCUT2D eigenvalue weighted by Gasteiger charge is -2.42. The highest BCUT2D eigenvalue weighted by Gasteiger charge is 2.53. The molecule has 128 valence electrons. The smallest absolute Gasteiger partial charge is 0.303 e. The molecule has 2 aliphatic heterocycles. The van der Waals surface area contributed by atoms with Crippen LogP contribution < -0.4 is 5.32 Å². The number of rotatable bonds is 4. The van der Waals surface area contributed by atoms with Crippen LogP contribution in [0.3, 0.4) is 0 Å². The maximum Gasteiger partial charge on any atom is 0.303 e. The minimum atomic E-state index is -0.990. The van der Waals surface area contributed by atoms with Crippen LogP contribution in [0, 0.1) is 0 Å². The zero-order valence-corrected chi connectivity index (χ0v) is 13.1. The second-order valence-corrected chi connectivity index (χ2v) is 5.46. The summed E-state index contributed by atoms with van der Waals surface area (Å²) in [6.45, 7) is 3.47. The molecule has 9 heteroatoms. The summed E-state index contributed by atoms with van der Waals surface area (Å²) in [6.07, 6.45) is -3.20. The highest BCUT2D eigenvalue weighted by atomic mass is 16.6. The minimum Gasteiger partial charge on any atom is -0.463 e. The molecule has 0 aromatic carbocycles. The van der Waals surface area contributed by atoms with E-state index in [-0.39, 0.29) is 18.9 Å². The van der Waals surface area contributed by atoms with Gasteiger partial charge in [0.05, 0.1) is 18.6 Å². The molecule has 2 fully saturated rings. The number of carbonyl (C=O) groups is 4. The summed E-state index contributed by atoms with van der Waals surface area (Å²) in [5.74, 6) is -1.97. The van der Waals surface area contributed by atoms with Gasteiger partial charge >= 0.3 is 17.9 Å². The molecule has 2 aliphatic rings. The summed E-state index contributed by atoms with van der Waals surface area (Å²) >= 11 is 0. The first-order chi connectivity index (χ1) is 10.8. The van der Waals surface area contributed by atoms with E-state index in [1.54, 1.807) is 0 Å². The summed E-state index contributed by atoms with van der Waals surface area (Å²) in [5.41, 5.74) is 0. The van der Waals surface area contributed by atoms with E-state index in [1.165, 1.54) is 20.8 Å². The highest BCUT2D eigenvalue weighted by Crippen LogP contribution is 2.31. The van der Waals surface area contributed by atoms with E-state index in [4.69, 9.17) is 18.9 Å². The SMILES string of the molecule is CC(=O)OC[C@H]1O[C@@H]2CC(=O)N[C@@H]2[C@@H](OC(C)=O)[C@H]1OC(C)=O. The van der Waals surface area contributed by atoms with Gasteiger partial charge in [-0.1, -0.05) is 0 Å². The van der Waals surface area contributed by atoms with Crippen LogP contribution in [0.2, 0.25) is 0 Å². The molecular formula is C14H19NO8. The summed E-state index contributed by atoms with van der Waals surface area (Å²) in [6, 6.07) is -0.621. The van der Waals surface area contributed by atoms with E-state index >= 15 is 0 Å². The monoisotopic (exact) mass is 329 g/mol. The lowest BCUT2D eigenvalue weighted by molar-refractivity contribution is -0.218. The Hall–Kier alpha value is -2.16. The number of carbonyl (C=O) groups excluding carboxylic acids is 4. The molecular weight excluding hydrogens is 310 g/mol. The standard InChI is InChI=1S/C14H19NO8/c1-6(16)20-5-10-13(21-7(2)17)14(22-8(3)18)12-9(23-10)4-11(19)15-12/h9-10,12-14H,4-5H2,1-3H3,(H,15,19)/t9-,10-,12+,13+,14-/m1/s1. The van der Waals surface area contributed by atoms with Crippen molar-refractivity contribution in [3.8, 4) is 0 Å². The molecule has 0 saturated carbocycles. The zero-order chi connectivity index (χ0) is 17.1. The maximum atomic E-state index is 11.6. The van der Waals surface area contributed by atoms with Gasteiger partial charge in [-0.25, -0.2) is 0 Å². The first kappa shape index (κ1) is 17.2. The molecule has 2 saturated heterocycles. The molecule has 0 aliphatic carbocycles. The van der Waals surface area contributed by atoms with Crippen LogP contribution in [0.4, 0.5) is 0 Å². The first-order valence-electron chi connectivity index (χ1n) is 7.20. The third kappa shape index (κ3) is 4.19. The van der Waals surface area contributed by atoms with Crippen molar-refractivity contribution in [3.63, 3.8) is 0 Å². The predicted octanol–water partition coefficient (Wildman–Crippen LogP) is -0.931. The van der Waals surface area contributed by atoms with Crippen LogP contribution in [-0.2, 0) is 38.1 Å². The molecule has 0 radical (unpaired) electrons. The van der Waals surface area contributed by atoms with Crippen molar-refractivity contribution in [1.29, 1.82) is 0 Å². The molecule has 2 rings (SSSR count). The number of fused-ring (bicyclic) bond motifs is 1. The predicted molar refractivity (Wildman–Crippen MR) is 72.9 cm³/mol. The second-order valence-electron chi connectivity index (χ2n) is 5.46. The molecule has 0 aromatic heterocycles. The van der Waals surface area contributed by atoms with E-state index in [0.29, 0.717) is 0 Å². The lowest BCUT2D eigenvalue weighted by Crippen LogP contribution is -2.62. The maximum absolute atomic E-state index is 11.6. The fourth-order valence-corrected chi connectivity index (χ4v) is 2.79.